The molecule has 3 aromatic carbocycles. The van der Waals surface area contributed by atoms with Gasteiger partial charge in [-0.2, -0.15) is 5.26 Å². The Hall–Kier alpha value is -3.31. The fourth-order valence-electron chi connectivity index (χ4n) is 3.07. The van der Waals surface area contributed by atoms with Gasteiger partial charge in [0.05, 0.1) is 6.07 Å². The third-order valence-corrected chi connectivity index (χ3v) is 4.34. The van der Waals surface area contributed by atoms with Crippen LogP contribution in [0.3, 0.4) is 0 Å². The van der Waals surface area contributed by atoms with Crippen molar-refractivity contribution in [3.63, 3.8) is 0 Å². The Balaban J connectivity index is 1.69. The number of nitrogens with zero attached hydrogens (tertiary/aromatic N) is 1. The van der Waals surface area contributed by atoms with Crippen LogP contribution in [0.1, 0.15) is 17.2 Å². The highest BCUT2D eigenvalue weighted by Gasteiger charge is 2.16. The van der Waals surface area contributed by atoms with Crippen LogP contribution in [0.5, 0.6) is 0 Å². The molecule has 2 heteroatoms. The van der Waals surface area contributed by atoms with E-state index in [1.807, 2.05) is 48.5 Å². The zero-order valence-electron chi connectivity index (χ0n) is 13.1. The molecule has 1 aromatic heterocycles. The van der Waals surface area contributed by atoms with Crippen LogP contribution in [0.25, 0.3) is 22.0 Å². The van der Waals surface area contributed by atoms with Crippen molar-refractivity contribution in [3.8, 4) is 17.2 Å². The molecule has 2 nitrogen and oxygen atoms in total. The zero-order valence-corrected chi connectivity index (χ0v) is 13.1. The summed E-state index contributed by atoms with van der Waals surface area (Å²) in [4.78, 5) is 3.37. The van der Waals surface area contributed by atoms with Gasteiger partial charge in [0.1, 0.15) is 5.92 Å². The molecule has 24 heavy (non-hydrogen) atoms. The number of benzene rings is 3. The average Bonchev–Trinajstić information content (AvgIpc) is 3.07. The summed E-state index contributed by atoms with van der Waals surface area (Å²) >= 11 is 0. The molecule has 0 saturated carbocycles. The number of para-hydroxylation sites is 1. The first-order valence-corrected chi connectivity index (χ1v) is 7.98. The van der Waals surface area contributed by atoms with Gasteiger partial charge in [0.2, 0.25) is 0 Å². The van der Waals surface area contributed by atoms with Crippen LogP contribution in [0.2, 0.25) is 0 Å². The third kappa shape index (κ3) is 2.57. The number of hydrogen-bond donors (Lipinski definition) is 1. The minimum atomic E-state index is -0.290. The van der Waals surface area contributed by atoms with E-state index >= 15 is 0 Å². The van der Waals surface area contributed by atoms with Crippen molar-refractivity contribution in [3.05, 3.63) is 96.2 Å². The van der Waals surface area contributed by atoms with Gasteiger partial charge in [-0.3, -0.25) is 0 Å². The Morgan fingerprint density at radius 3 is 2.12 bits per heavy atom. The minimum Gasteiger partial charge on any atom is -0.357 e. The van der Waals surface area contributed by atoms with Gasteiger partial charge in [-0.25, -0.2) is 0 Å². The Kier molecular flexibility index (Phi) is 3.61. The monoisotopic (exact) mass is 308 g/mol. The lowest BCUT2D eigenvalue weighted by Crippen LogP contribution is -1.98. The number of aromatic nitrogens is 1. The molecule has 114 valence electrons. The van der Waals surface area contributed by atoms with Crippen molar-refractivity contribution >= 4 is 10.9 Å². The molecule has 1 unspecified atom stereocenters. The van der Waals surface area contributed by atoms with Crippen LogP contribution < -0.4 is 0 Å². The molecular formula is C22H16N2. The summed E-state index contributed by atoms with van der Waals surface area (Å²) in [6, 6.07) is 31.1. The van der Waals surface area contributed by atoms with Gasteiger partial charge in [-0.1, -0.05) is 72.8 Å². The molecule has 1 atom stereocenters. The lowest BCUT2D eigenvalue weighted by molar-refractivity contribution is 0.992. The third-order valence-electron chi connectivity index (χ3n) is 4.34. The van der Waals surface area contributed by atoms with E-state index in [9.17, 15) is 5.26 Å². The molecule has 0 bridgehead atoms. The van der Waals surface area contributed by atoms with Gasteiger partial charge >= 0.3 is 0 Å². The maximum absolute atomic E-state index is 9.67. The first-order valence-electron chi connectivity index (χ1n) is 7.98. The van der Waals surface area contributed by atoms with Gasteiger partial charge in [0, 0.05) is 11.2 Å². The molecule has 0 amide bonds. The number of aromatic amines is 1. The second-order valence-corrected chi connectivity index (χ2v) is 5.86. The van der Waals surface area contributed by atoms with Crippen LogP contribution in [0.4, 0.5) is 0 Å². The van der Waals surface area contributed by atoms with Gasteiger partial charge in [0.15, 0.2) is 0 Å². The largest absolute Gasteiger partial charge is 0.357 e. The van der Waals surface area contributed by atoms with Gasteiger partial charge in [-0.05, 0) is 34.2 Å². The quantitative estimate of drug-likeness (QED) is 0.534. The van der Waals surface area contributed by atoms with Crippen molar-refractivity contribution in [2.45, 2.75) is 5.92 Å². The van der Waals surface area contributed by atoms with Crippen LogP contribution in [0.15, 0.2) is 84.9 Å². The van der Waals surface area contributed by atoms with E-state index in [1.165, 1.54) is 5.56 Å². The van der Waals surface area contributed by atoms with Gasteiger partial charge in [-0.15, -0.1) is 0 Å². The standard InChI is InChI=1S/C22H16N2/c23-15-20(22-14-19-8-4-5-9-21(19)24-22)18-12-10-17(11-13-18)16-6-2-1-3-7-16/h1-14,20,24H. The highest BCUT2D eigenvalue weighted by Crippen LogP contribution is 2.28. The fourth-order valence-corrected chi connectivity index (χ4v) is 3.07. The molecule has 1 heterocycles. The number of H-pyrrole nitrogens is 1. The van der Waals surface area contributed by atoms with E-state index in [4.69, 9.17) is 0 Å². The van der Waals surface area contributed by atoms with Gasteiger partial charge in [0.25, 0.3) is 0 Å². The first kappa shape index (κ1) is 14.3. The summed E-state index contributed by atoms with van der Waals surface area (Å²) in [5, 5.41) is 10.8. The van der Waals surface area contributed by atoms with E-state index < -0.39 is 0 Å². The molecule has 0 fully saturated rings. The zero-order chi connectivity index (χ0) is 16.4. The predicted molar refractivity (Wildman–Crippen MR) is 97.6 cm³/mol. The number of fused-ring (bicyclic) bond motifs is 1. The van der Waals surface area contributed by atoms with Crippen LogP contribution in [0, 0.1) is 11.3 Å². The second kappa shape index (κ2) is 6.06. The summed E-state index contributed by atoms with van der Waals surface area (Å²) in [5.74, 6) is -0.290. The van der Waals surface area contributed by atoms with Crippen molar-refractivity contribution in [2.75, 3.05) is 0 Å². The highest BCUT2D eigenvalue weighted by molar-refractivity contribution is 5.80. The van der Waals surface area contributed by atoms with Gasteiger partial charge < -0.3 is 4.98 Å². The van der Waals surface area contributed by atoms with Crippen LogP contribution in [-0.4, -0.2) is 4.98 Å². The number of nitriles is 1. The Labute approximate surface area is 141 Å². The first-order chi connectivity index (χ1) is 11.8. The molecule has 0 spiro atoms. The maximum Gasteiger partial charge on any atom is 0.111 e. The summed E-state index contributed by atoms with van der Waals surface area (Å²) in [7, 11) is 0. The van der Waals surface area contributed by atoms with Crippen molar-refractivity contribution in [2.24, 2.45) is 0 Å². The van der Waals surface area contributed by atoms with Crippen molar-refractivity contribution < 1.29 is 0 Å². The molecule has 0 radical (unpaired) electrons. The molecule has 1 N–H and O–H groups in total. The normalized spacial score (nSPS) is 12.0. The number of rotatable bonds is 3. The predicted octanol–water partition coefficient (Wildman–Crippen LogP) is 5.49. The summed E-state index contributed by atoms with van der Waals surface area (Å²) < 4.78 is 0. The van der Waals surface area contributed by atoms with Crippen molar-refractivity contribution in [1.82, 2.24) is 4.98 Å². The number of hydrogen-bond acceptors (Lipinski definition) is 1. The molecule has 0 aliphatic heterocycles. The summed E-state index contributed by atoms with van der Waals surface area (Å²) in [6.45, 7) is 0. The second-order valence-electron chi connectivity index (χ2n) is 5.86. The molecular weight excluding hydrogens is 292 g/mol. The van der Waals surface area contributed by atoms with E-state index in [0.717, 1.165) is 27.7 Å². The highest BCUT2D eigenvalue weighted by atomic mass is 14.7. The van der Waals surface area contributed by atoms with E-state index in [-0.39, 0.29) is 5.92 Å². The van der Waals surface area contributed by atoms with Crippen molar-refractivity contribution in [1.29, 1.82) is 5.26 Å². The SMILES string of the molecule is N#CC(c1ccc(-c2ccccc2)cc1)c1cc2ccccc2[nH]1. The fraction of sp³-hybridized carbons (Fsp3) is 0.0455. The Morgan fingerprint density at radius 1 is 0.750 bits per heavy atom. The molecule has 0 aliphatic rings. The van der Waals surface area contributed by atoms with E-state index in [1.54, 1.807) is 0 Å². The molecule has 4 aromatic rings. The van der Waals surface area contributed by atoms with E-state index in [2.05, 4.69) is 47.5 Å². The number of nitrogens with one attached hydrogen (secondary N) is 1. The summed E-state index contributed by atoms with van der Waals surface area (Å²) in [6.07, 6.45) is 0. The Morgan fingerprint density at radius 2 is 1.42 bits per heavy atom. The lowest BCUT2D eigenvalue weighted by Gasteiger charge is -2.09. The lowest BCUT2D eigenvalue weighted by atomic mass is 9.95. The van der Waals surface area contributed by atoms with E-state index in [0.29, 0.717) is 0 Å². The Bertz CT molecular complexity index is 972. The molecule has 0 aliphatic carbocycles. The topological polar surface area (TPSA) is 39.6 Å². The molecule has 4 rings (SSSR count). The average molecular weight is 308 g/mol. The molecule has 0 saturated heterocycles. The minimum absolute atomic E-state index is 0.290. The summed E-state index contributed by atoms with van der Waals surface area (Å²) in [5.41, 5.74) is 5.35. The maximum atomic E-state index is 9.67. The van der Waals surface area contributed by atoms with Crippen LogP contribution >= 0.6 is 0 Å². The van der Waals surface area contributed by atoms with Crippen LogP contribution in [-0.2, 0) is 0 Å². The smallest absolute Gasteiger partial charge is 0.111 e.